The van der Waals surface area contributed by atoms with Crippen molar-refractivity contribution in [1.82, 2.24) is 0 Å². The molecule has 0 heterocycles. The van der Waals surface area contributed by atoms with Crippen molar-refractivity contribution in [3.05, 3.63) is 35.4 Å². The third kappa shape index (κ3) is 3.72. The molecule has 1 atom stereocenters. The second kappa shape index (κ2) is 5.51. The van der Waals surface area contributed by atoms with Gasteiger partial charge < -0.3 is 9.84 Å². The van der Waals surface area contributed by atoms with E-state index in [0.29, 0.717) is 6.61 Å². The molecule has 1 unspecified atom stereocenters. The Morgan fingerprint density at radius 1 is 1.53 bits per heavy atom. The molecule has 0 spiro atoms. The van der Waals surface area contributed by atoms with Gasteiger partial charge in [-0.2, -0.15) is 0 Å². The Morgan fingerprint density at radius 2 is 2.27 bits per heavy atom. The number of hydrogen-bond acceptors (Lipinski definition) is 2. The molecule has 0 aromatic heterocycles. The Balaban J connectivity index is 2.75. The van der Waals surface area contributed by atoms with Crippen molar-refractivity contribution in [2.45, 2.75) is 25.9 Å². The maximum atomic E-state index is 10.6. The number of rotatable bonds is 5. The number of benzene rings is 1. The predicted molar refractivity (Wildman–Crippen MR) is 57.8 cm³/mol. The minimum Gasteiger partial charge on any atom is -0.481 e. The summed E-state index contributed by atoms with van der Waals surface area (Å²) in [5.74, 6) is -0.723. The summed E-state index contributed by atoms with van der Waals surface area (Å²) in [6.45, 7) is 2.48. The highest BCUT2D eigenvalue weighted by molar-refractivity contribution is 5.67. The first-order valence-corrected chi connectivity index (χ1v) is 4.93. The predicted octanol–water partition coefficient (Wildman–Crippen LogP) is 2.41. The number of carbonyl (C=O) groups is 1. The third-order valence-corrected chi connectivity index (χ3v) is 2.31. The summed E-state index contributed by atoms with van der Waals surface area (Å²) < 4.78 is 5.03. The molecule has 0 aliphatic carbocycles. The Kier molecular flexibility index (Phi) is 4.31. The monoisotopic (exact) mass is 208 g/mol. The van der Waals surface area contributed by atoms with Gasteiger partial charge in [-0.25, -0.2) is 0 Å². The van der Waals surface area contributed by atoms with Gasteiger partial charge in [0.2, 0.25) is 0 Å². The SMILES string of the molecule is COCc1cccc(C(C)CC(=O)O)c1. The summed E-state index contributed by atoms with van der Waals surface area (Å²) in [5.41, 5.74) is 2.12. The summed E-state index contributed by atoms with van der Waals surface area (Å²) in [5, 5.41) is 8.69. The lowest BCUT2D eigenvalue weighted by Gasteiger charge is -2.10. The van der Waals surface area contributed by atoms with E-state index < -0.39 is 5.97 Å². The van der Waals surface area contributed by atoms with Gasteiger partial charge in [-0.15, -0.1) is 0 Å². The van der Waals surface area contributed by atoms with Crippen molar-refractivity contribution in [1.29, 1.82) is 0 Å². The van der Waals surface area contributed by atoms with Crippen LogP contribution in [-0.2, 0) is 16.1 Å². The number of carboxylic acid groups (broad SMARTS) is 1. The normalized spacial score (nSPS) is 12.4. The van der Waals surface area contributed by atoms with Crippen LogP contribution in [-0.4, -0.2) is 18.2 Å². The molecule has 1 aromatic rings. The first-order chi connectivity index (χ1) is 7.13. The fraction of sp³-hybridized carbons (Fsp3) is 0.417. The van der Waals surface area contributed by atoms with Crippen molar-refractivity contribution in [2.24, 2.45) is 0 Å². The van der Waals surface area contributed by atoms with Crippen LogP contribution >= 0.6 is 0 Å². The fourth-order valence-corrected chi connectivity index (χ4v) is 1.54. The van der Waals surface area contributed by atoms with Crippen LogP contribution in [0.1, 0.15) is 30.4 Å². The lowest BCUT2D eigenvalue weighted by Crippen LogP contribution is -2.03. The molecule has 3 heteroatoms. The molecule has 0 amide bonds. The van der Waals surface area contributed by atoms with Crippen molar-refractivity contribution in [3.8, 4) is 0 Å². The lowest BCUT2D eigenvalue weighted by atomic mass is 9.96. The number of aliphatic carboxylic acids is 1. The smallest absolute Gasteiger partial charge is 0.303 e. The summed E-state index contributed by atoms with van der Waals surface area (Å²) in [6, 6.07) is 7.85. The van der Waals surface area contributed by atoms with Gasteiger partial charge in [0.15, 0.2) is 0 Å². The van der Waals surface area contributed by atoms with Gasteiger partial charge in [0, 0.05) is 7.11 Å². The number of hydrogen-bond donors (Lipinski definition) is 1. The number of methoxy groups -OCH3 is 1. The highest BCUT2D eigenvalue weighted by Crippen LogP contribution is 2.20. The maximum Gasteiger partial charge on any atom is 0.303 e. The highest BCUT2D eigenvalue weighted by Gasteiger charge is 2.10. The average Bonchev–Trinajstić information content (AvgIpc) is 2.17. The molecule has 1 N–H and O–H groups in total. The van der Waals surface area contributed by atoms with Crippen LogP contribution < -0.4 is 0 Å². The van der Waals surface area contributed by atoms with Gasteiger partial charge in [-0.3, -0.25) is 4.79 Å². The van der Waals surface area contributed by atoms with Gasteiger partial charge in [0.25, 0.3) is 0 Å². The molecule has 0 fully saturated rings. The molecule has 3 nitrogen and oxygen atoms in total. The zero-order chi connectivity index (χ0) is 11.3. The summed E-state index contributed by atoms with van der Waals surface area (Å²) in [7, 11) is 1.65. The van der Waals surface area contributed by atoms with E-state index in [-0.39, 0.29) is 12.3 Å². The van der Waals surface area contributed by atoms with Gasteiger partial charge in [0.1, 0.15) is 0 Å². The largest absolute Gasteiger partial charge is 0.481 e. The first-order valence-electron chi connectivity index (χ1n) is 4.93. The van der Waals surface area contributed by atoms with Gasteiger partial charge in [-0.1, -0.05) is 31.2 Å². The van der Waals surface area contributed by atoms with E-state index in [0.717, 1.165) is 11.1 Å². The Labute approximate surface area is 89.7 Å². The van der Waals surface area contributed by atoms with Crippen molar-refractivity contribution < 1.29 is 14.6 Å². The van der Waals surface area contributed by atoms with Gasteiger partial charge in [-0.05, 0) is 17.0 Å². The molecule has 0 aliphatic heterocycles. The Hall–Kier alpha value is -1.35. The van der Waals surface area contributed by atoms with Crippen LogP contribution in [0, 0.1) is 0 Å². The molecular formula is C12H16O3. The molecule has 0 saturated carbocycles. The molecule has 15 heavy (non-hydrogen) atoms. The molecular weight excluding hydrogens is 192 g/mol. The van der Waals surface area contributed by atoms with Crippen LogP contribution in [0.3, 0.4) is 0 Å². The Bertz CT molecular complexity index is 333. The topological polar surface area (TPSA) is 46.5 Å². The lowest BCUT2D eigenvalue weighted by molar-refractivity contribution is -0.137. The highest BCUT2D eigenvalue weighted by atomic mass is 16.5. The number of ether oxygens (including phenoxy) is 1. The van der Waals surface area contributed by atoms with Crippen LogP contribution in [0.2, 0.25) is 0 Å². The molecule has 0 aliphatic rings. The third-order valence-electron chi connectivity index (χ3n) is 2.31. The molecule has 0 bridgehead atoms. The fourth-order valence-electron chi connectivity index (χ4n) is 1.54. The van der Waals surface area contributed by atoms with E-state index in [1.807, 2.05) is 31.2 Å². The van der Waals surface area contributed by atoms with E-state index in [2.05, 4.69) is 0 Å². The van der Waals surface area contributed by atoms with E-state index >= 15 is 0 Å². The van der Waals surface area contributed by atoms with E-state index in [4.69, 9.17) is 9.84 Å². The molecule has 0 saturated heterocycles. The summed E-state index contributed by atoms with van der Waals surface area (Å²) in [4.78, 5) is 10.6. The van der Waals surface area contributed by atoms with E-state index in [1.54, 1.807) is 7.11 Å². The minimum atomic E-state index is -0.764. The maximum absolute atomic E-state index is 10.6. The zero-order valence-electron chi connectivity index (χ0n) is 9.06. The Morgan fingerprint density at radius 3 is 2.87 bits per heavy atom. The summed E-state index contributed by atoms with van der Waals surface area (Å²) in [6.07, 6.45) is 0.163. The summed E-state index contributed by atoms with van der Waals surface area (Å²) >= 11 is 0. The van der Waals surface area contributed by atoms with Crippen molar-refractivity contribution >= 4 is 5.97 Å². The van der Waals surface area contributed by atoms with Gasteiger partial charge in [0.05, 0.1) is 13.0 Å². The zero-order valence-corrected chi connectivity index (χ0v) is 9.06. The molecule has 1 aromatic carbocycles. The van der Waals surface area contributed by atoms with Gasteiger partial charge >= 0.3 is 5.97 Å². The standard InChI is InChI=1S/C12H16O3/c1-9(6-12(13)14)11-5-3-4-10(7-11)8-15-2/h3-5,7,9H,6,8H2,1-2H3,(H,13,14). The minimum absolute atomic E-state index is 0.0410. The second-order valence-electron chi connectivity index (χ2n) is 3.68. The number of carboxylic acids is 1. The van der Waals surface area contributed by atoms with Crippen LogP contribution in [0.25, 0.3) is 0 Å². The van der Waals surface area contributed by atoms with Crippen molar-refractivity contribution in [2.75, 3.05) is 7.11 Å². The van der Waals surface area contributed by atoms with E-state index in [1.165, 1.54) is 0 Å². The van der Waals surface area contributed by atoms with Crippen LogP contribution in [0.4, 0.5) is 0 Å². The van der Waals surface area contributed by atoms with Crippen LogP contribution in [0.5, 0.6) is 0 Å². The molecule has 1 rings (SSSR count). The van der Waals surface area contributed by atoms with Crippen molar-refractivity contribution in [3.63, 3.8) is 0 Å². The molecule has 0 radical (unpaired) electrons. The average molecular weight is 208 g/mol. The molecule has 82 valence electrons. The van der Waals surface area contributed by atoms with E-state index in [9.17, 15) is 4.79 Å². The first kappa shape index (κ1) is 11.7. The second-order valence-corrected chi connectivity index (χ2v) is 3.68. The quantitative estimate of drug-likeness (QED) is 0.808. The van der Waals surface area contributed by atoms with Crippen LogP contribution in [0.15, 0.2) is 24.3 Å².